The lowest BCUT2D eigenvalue weighted by molar-refractivity contribution is 0.102. The number of hydrogen-bond donors (Lipinski definition) is 1. The van der Waals surface area contributed by atoms with Gasteiger partial charge in [0.2, 0.25) is 0 Å². The molecule has 128 valence electrons. The lowest BCUT2D eigenvalue weighted by atomic mass is 10.2. The minimum Gasteiger partial charge on any atom is -0.321 e. The van der Waals surface area contributed by atoms with Gasteiger partial charge in [0.1, 0.15) is 5.82 Å². The Labute approximate surface area is 157 Å². The molecule has 25 heavy (non-hydrogen) atoms. The number of nitrogens with one attached hydrogen (secondary N) is 1. The Kier molecular flexibility index (Phi) is 5.20. The lowest BCUT2D eigenvalue weighted by Crippen LogP contribution is -2.14. The highest BCUT2D eigenvalue weighted by Crippen LogP contribution is 2.25. The maximum Gasteiger partial charge on any atom is 0.259 e. The van der Waals surface area contributed by atoms with Crippen LogP contribution in [0.2, 0.25) is 5.02 Å². The summed E-state index contributed by atoms with van der Waals surface area (Å²) in [5.74, 6) is -0.690. The Balaban J connectivity index is 1.93. The fourth-order valence-electron chi connectivity index (χ4n) is 2.51. The highest BCUT2D eigenvalue weighted by Gasteiger charge is 2.18. The first-order chi connectivity index (χ1) is 12.0. The molecule has 0 atom stereocenters. The third-order valence-corrected chi connectivity index (χ3v) is 4.57. The van der Waals surface area contributed by atoms with Crippen LogP contribution in [0.4, 0.5) is 10.1 Å². The van der Waals surface area contributed by atoms with Gasteiger partial charge in [0.25, 0.3) is 5.91 Å². The summed E-state index contributed by atoms with van der Waals surface area (Å²) in [5, 5.41) is 7.69. The summed E-state index contributed by atoms with van der Waals surface area (Å²) in [4.78, 5) is 12.6. The summed E-state index contributed by atoms with van der Waals surface area (Å²) < 4.78 is 15.4. The van der Waals surface area contributed by atoms with E-state index in [2.05, 4.69) is 26.3 Å². The number of amides is 1. The van der Waals surface area contributed by atoms with Crippen LogP contribution in [0.15, 0.2) is 53.1 Å². The van der Waals surface area contributed by atoms with E-state index >= 15 is 0 Å². The summed E-state index contributed by atoms with van der Waals surface area (Å²) >= 11 is 9.28. The van der Waals surface area contributed by atoms with E-state index in [4.69, 9.17) is 11.6 Å². The number of hydrogen-bond acceptors (Lipinski definition) is 2. The molecule has 0 aliphatic heterocycles. The van der Waals surface area contributed by atoms with E-state index in [1.165, 1.54) is 24.4 Å². The molecule has 0 spiro atoms. The van der Waals surface area contributed by atoms with Gasteiger partial charge in [-0.15, -0.1) is 0 Å². The highest BCUT2D eigenvalue weighted by atomic mass is 79.9. The van der Waals surface area contributed by atoms with E-state index in [1.807, 2.05) is 19.1 Å². The first-order valence-electron chi connectivity index (χ1n) is 7.59. The SMILES string of the molecule is CCc1c(C(=O)Nc2ccc(F)cc2Br)cnn1-c1cccc(Cl)c1. The number of nitrogens with zero attached hydrogens (tertiary/aromatic N) is 2. The smallest absolute Gasteiger partial charge is 0.259 e. The summed E-state index contributed by atoms with van der Waals surface area (Å²) in [6.45, 7) is 1.95. The molecule has 1 N–H and O–H groups in total. The van der Waals surface area contributed by atoms with E-state index in [9.17, 15) is 9.18 Å². The van der Waals surface area contributed by atoms with Crippen LogP contribution in [-0.2, 0) is 6.42 Å². The lowest BCUT2D eigenvalue weighted by Gasteiger charge is -2.10. The third-order valence-electron chi connectivity index (χ3n) is 3.68. The summed E-state index contributed by atoms with van der Waals surface area (Å²) in [6, 6.07) is 11.4. The molecule has 0 bridgehead atoms. The van der Waals surface area contributed by atoms with E-state index in [1.54, 1.807) is 16.8 Å². The van der Waals surface area contributed by atoms with Crippen molar-refractivity contribution in [3.8, 4) is 5.69 Å². The van der Waals surface area contributed by atoms with Gasteiger partial charge in [0, 0.05) is 9.50 Å². The quantitative estimate of drug-likeness (QED) is 0.625. The van der Waals surface area contributed by atoms with Gasteiger partial charge in [-0.25, -0.2) is 9.07 Å². The molecular weight excluding hydrogens is 409 g/mol. The maximum atomic E-state index is 13.2. The second-order valence-electron chi connectivity index (χ2n) is 5.33. The van der Waals surface area contributed by atoms with Crippen molar-refractivity contribution in [2.75, 3.05) is 5.32 Å². The van der Waals surface area contributed by atoms with Gasteiger partial charge in [0.05, 0.1) is 28.8 Å². The summed E-state index contributed by atoms with van der Waals surface area (Å²) in [6.07, 6.45) is 2.13. The number of aromatic nitrogens is 2. The Morgan fingerprint density at radius 1 is 1.32 bits per heavy atom. The maximum absolute atomic E-state index is 13.2. The van der Waals surface area contributed by atoms with Gasteiger partial charge < -0.3 is 5.32 Å². The number of halogens is 3. The van der Waals surface area contributed by atoms with Crippen LogP contribution in [0.5, 0.6) is 0 Å². The molecule has 0 aliphatic carbocycles. The predicted molar refractivity (Wildman–Crippen MR) is 100 cm³/mol. The number of rotatable bonds is 4. The third kappa shape index (κ3) is 3.75. The molecule has 4 nitrogen and oxygen atoms in total. The summed E-state index contributed by atoms with van der Waals surface area (Å²) in [5.41, 5.74) is 2.49. The van der Waals surface area contributed by atoms with Crippen LogP contribution >= 0.6 is 27.5 Å². The monoisotopic (exact) mass is 421 g/mol. The molecule has 3 aromatic rings. The molecule has 0 saturated carbocycles. The number of benzene rings is 2. The van der Waals surface area contributed by atoms with Gasteiger partial charge in [-0.1, -0.05) is 24.6 Å². The van der Waals surface area contributed by atoms with Crippen LogP contribution < -0.4 is 5.32 Å². The van der Waals surface area contributed by atoms with Gasteiger partial charge >= 0.3 is 0 Å². The molecule has 0 aliphatic rings. The van der Waals surface area contributed by atoms with Crippen molar-refractivity contribution in [3.05, 3.63) is 75.2 Å². The van der Waals surface area contributed by atoms with Crippen molar-refractivity contribution in [3.63, 3.8) is 0 Å². The molecule has 0 saturated heterocycles. The van der Waals surface area contributed by atoms with Gasteiger partial charge in [-0.3, -0.25) is 4.79 Å². The molecule has 1 amide bonds. The van der Waals surface area contributed by atoms with Crippen molar-refractivity contribution < 1.29 is 9.18 Å². The van der Waals surface area contributed by atoms with Crippen molar-refractivity contribution in [2.45, 2.75) is 13.3 Å². The summed E-state index contributed by atoms with van der Waals surface area (Å²) in [7, 11) is 0. The molecule has 0 radical (unpaired) electrons. The van der Waals surface area contributed by atoms with Crippen LogP contribution in [0.25, 0.3) is 5.69 Å². The molecule has 1 heterocycles. The Morgan fingerprint density at radius 2 is 2.12 bits per heavy atom. The minimum atomic E-state index is -0.382. The molecule has 0 fully saturated rings. The van der Waals surface area contributed by atoms with Crippen LogP contribution in [0.3, 0.4) is 0 Å². The largest absolute Gasteiger partial charge is 0.321 e. The van der Waals surface area contributed by atoms with Crippen LogP contribution in [-0.4, -0.2) is 15.7 Å². The van der Waals surface area contributed by atoms with Crippen LogP contribution in [0, 0.1) is 5.82 Å². The number of carbonyl (C=O) groups excluding carboxylic acids is 1. The Bertz CT molecular complexity index is 942. The second-order valence-corrected chi connectivity index (χ2v) is 6.62. The second kappa shape index (κ2) is 7.37. The topological polar surface area (TPSA) is 46.9 Å². The molecule has 0 unspecified atom stereocenters. The van der Waals surface area contributed by atoms with Crippen molar-refractivity contribution in [2.24, 2.45) is 0 Å². The predicted octanol–water partition coefficient (Wildman–Crippen LogP) is 5.24. The van der Waals surface area contributed by atoms with E-state index < -0.39 is 0 Å². The van der Waals surface area contributed by atoms with E-state index in [0.717, 1.165) is 11.4 Å². The van der Waals surface area contributed by atoms with Crippen molar-refractivity contribution in [1.82, 2.24) is 9.78 Å². The molecule has 2 aromatic carbocycles. The number of carbonyl (C=O) groups is 1. The molecular formula is C18H14BrClFN3O. The standard InChI is InChI=1S/C18H14BrClFN3O/c1-2-17-14(10-22-24(17)13-5-3-4-11(20)8-13)18(25)23-16-7-6-12(21)9-15(16)19/h3-10H,2H2,1H3,(H,23,25). The van der Waals surface area contributed by atoms with Crippen molar-refractivity contribution >= 4 is 39.1 Å². The zero-order valence-corrected chi connectivity index (χ0v) is 15.6. The first-order valence-corrected chi connectivity index (χ1v) is 8.76. The van der Waals surface area contributed by atoms with E-state index in [0.29, 0.717) is 27.2 Å². The normalized spacial score (nSPS) is 10.7. The fourth-order valence-corrected chi connectivity index (χ4v) is 3.15. The highest BCUT2D eigenvalue weighted by molar-refractivity contribution is 9.10. The average Bonchev–Trinajstić information content (AvgIpc) is 3.01. The van der Waals surface area contributed by atoms with Gasteiger partial charge in [0.15, 0.2) is 0 Å². The number of anilines is 1. The Hall–Kier alpha value is -2.18. The Morgan fingerprint density at radius 3 is 2.80 bits per heavy atom. The minimum absolute atomic E-state index is 0.308. The first kappa shape index (κ1) is 17.6. The fraction of sp³-hybridized carbons (Fsp3) is 0.111. The average molecular weight is 423 g/mol. The molecule has 7 heteroatoms. The van der Waals surface area contributed by atoms with E-state index in [-0.39, 0.29) is 11.7 Å². The molecule has 1 aromatic heterocycles. The zero-order valence-electron chi connectivity index (χ0n) is 13.3. The molecule has 3 rings (SSSR count). The van der Waals surface area contributed by atoms with Gasteiger partial charge in [-0.2, -0.15) is 5.10 Å². The van der Waals surface area contributed by atoms with Gasteiger partial charge in [-0.05, 0) is 58.7 Å². The zero-order chi connectivity index (χ0) is 18.0. The van der Waals surface area contributed by atoms with Crippen molar-refractivity contribution in [1.29, 1.82) is 0 Å². The van der Waals surface area contributed by atoms with Crippen LogP contribution in [0.1, 0.15) is 23.0 Å².